The van der Waals surface area contributed by atoms with Crippen molar-refractivity contribution >= 4 is 19.7 Å². The number of rotatable bonds is 61. The molecule has 0 radical (unpaired) electrons. The van der Waals surface area contributed by atoms with Gasteiger partial charge in [0.15, 0.2) is 0 Å². The number of likely N-dealkylation sites (N-methyl/N-ethyl adjacent to an activating group) is 1. The van der Waals surface area contributed by atoms with Gasteiger partial charge in [0.25, 0.3) is 0 Å². The van der Waals surface area contributed by atoms with Crippen LogP contribution >= 0.6 is 7.82 Å². The van der Waals surface area contributed by atoms with Gasteiger partial charge in [-0.25, -0.2) is 4.57 Å². The van der Waals surface area contributed by atoms with Crippen LogP contribution in [-0.2, 0) is 27.9 Å². The zero-order valence-electron chi connectivity index (χ0n) is 56.4. The highest BCUT2D eigenvalue weighted by Gasteiger charge is 2.30. The van der Waals surface area contributed by atoms with Gasteiger partial charge in [0.2, 0.25) is 5.91 Å². The van der Waals surface area contributed by atoms with Crippen LogP contribution in [-0.4, -0.2) is 74.3 Å². The molecule has 0 aliphatic rings. The van der Waals surface area contributed by atoms with Crippen molar-refractivity contribution in [2.24, 2.45) is 0 Å². The third-order valence-corrected chi connectivity index (χ3v) is 15.4. The van der Waals surface area contributed by atoms with Gasteiger partial charge >= 0.3 is 13.8 Å². The summed E-state index contributed by atoms with van der Waals surface area (Å²) in [5.74, 6) is -0.575. The van der Waals surface area contributed by atoms with Crippen molar-refractivity contribution in [2.45, 2.75) is 277 Å². The highest BCUT2D eigenvalue weighted by atomic mass is 31.2. The number of hydrogen-bond acceptors (Lipinski definition) is 6. The lowest BCUT2D eigenvalue weighted by Crippen LogP contribution is -2.47. The van der Waals surface area contributed by atoms with Gasteiger partial charge < -0.3 is 19.4 Å². The molecular formula is C77H130N2O7P+. The Kier molecular flexibility index (Phi) is 61.4. The lowest BCUT2D eigenvalue weighted by molar-refractivity contribution is -0.870. The second kappa shape index (κ2) is 64.6. The molecule has 0 aliphatic carbocycles. The molecule has 0 bridgehead atoms. The molecule has 0 aromatic rings. The Morgan fingerprint density at radius 2 is 0.736 bits per heavy atom. The molecule has 1 amide bonds. The zero-order chi connectivity index (χ0) is 63.5. The fourth-order valence-corrected chi connectivity index (χ4v) is 9.92. The average molecular weight is 1230 g/mol. The van der Waals surface area contributed by atoms with E-state index in [0.29, 0.717) is 23.9 Å². The van der Waals surface area contributed by atoms with Gasteiger partial charge in [-0.3, -0.25) is 18.6 Å². The largest absolute Gasteiger partial charge is 0.472 e. The minimum Gasteiger partial charge on any atom is -0.456 e. The van der Waals surface area contributed by atoms with Gasteiger partial charge in [-0.05, 0) is 134 Å². The van der Waals surface area contributed by atoms with E-state index in [1.165, 1.54) is 83.5 Å². The summed E-state index contributed by atoms with van der Waals surface area (Å²) in [5, 5.41) is 3.04. The Morgan fingerprint density at radius 3 is 1.11 bits per heavy atom. The van der Waals surface area contributed by atoms with E-state index in [-0.39, 0.29) is 37.9 Å². The van der Waals surface area contributed by atoms with Crippen LogP contribution in [0.25, 0.3) is 0 Å². The maximum Gasteiger partial charge on any atom is 0.472 e. The molecule has 494 valence electrons. The first-order valence-electron chi connectivity index (χ1n) is 34.8. The summed E-state index contributed by atoms with van der Waals surface area (Å²) in [5.41, 5.74) is 0. The zero-order valence-corrected chi connectivity index (χ0v) is 57.3. The third kappa shape index (κ3) is 65.9. The van der Waals surface area contributed by atoms with Crippen LogP contribution in [0.2, 0.25) is 0 Å². The Labute approximate surface area is 535 Å². The molecule has 2 N–H and O–H groups in total. The lowest BCUT2D eigenvalue weighted by atomic mass is 10.0. The SMILES string of the molecule is CC/C=C\C/C=C\C/C=C\C/C=C\C/C=C\C/C=C\CCCCCCCCCCC(=O)OC(/C=C\CCCCCCCCCCCCC)C(COP(=O)(O)OCC[N+](C)(C)C)NC(=O)CCCC/C=C\C/C=C\C/C=C\C/C=C\C/C=C\C/C=C\CC. The Hall–Kier alpha value is -4.37. The minimum atomic E-state index is -4.48. The molecule has 87 heavy (non-hydrogen) atoms. The highest BCUT2D eigenvalue weighted by molar-refractivity contribution is 7.47. The number of carbonyl (C=O) groups is 2. The van der Waals surface area contributed by atoms with Crippen molar-refractivity contribution in [3.05, 3.63) is 158 Å². The lowest BCUT2D eigenvalue weighted by Gasteiger charge is -2.27. The van der Waals surface area contributed by atoms with Gasteiger partial charge in [-0.2, -0.15) is 0 Å². The third-order valence-electron chi connectivity index (χ3n) is 14.5. The summed E-state index contributed by atoms with van der Waals surface area (Å²) in [7, 11) is 1.44. The fraction of sp³-hybridized carbons (Fsp3) is 0.636. The summed E-state index contributed by atoms with van der Waals surface area (Å²) in [6, 6.07) is -0.889. The van der Waals surface area contributed by atoms with E-state index in [9.17, 15) is 19.0 Å². The van der Waals surface area contributed by atoms with Gasteiger partial charge in [0.05, 0.1) is 33.8 Å². The molecule has 0 aliphatic heterocycles. The fourth-order valence-electron chi connectivity index (χ4n) is 9.18. The second-order valence-electron chi connectivity index (χ2n) is 23.9. The van der Waals surface area contributed by atoms with Crippen molar-refractivity contribution in [1.29, 1.82) is 0 Å². The summed E-state index contributed by atoms with van der Waals surface area (Å²) >= 11 is 0. The molecule has 0 aromatic heterocycles. The molecule has 0 saturated carbocycles. The van der Waals surface area contributed by atoms with E-state index in [4.69, 9.17) is 13.8 Å². The van der Waals surface area contributed by atoms with Crippen molar-refractivity contribution in [3.63, 3.8) is 0 Å². The van der Waals surface area contributed by atoms with Crippen LogP contribution < -0.4 is 5.32 Å². The predicted molar refractivity (Wildman–Crippen MR) is 378 cm³/mol. The number of phosphoric acid groups is 1. The van der Waals surface area contributed by atoms with Gasteiger partial charge in [0, 0.05) is 12.8 Å². The standard InChI is InChI=1S/C77H129N2O7P/c1-7-10-13-16-19-22-25-28-30-32-34-36-37-38-39-40-41-43-45-47-49-52-55-58-61-64-67-70-77(81)86-75(68-65-62-59-56-53-50-27-24-21-18-15-12-9-3)74(73-85-87(82,83)84-72-71-79(4,5)6)78-76(80)69-66-63-60-57-54-51-48-46-44-42-35-33-31-29-26-23-20-17-14-11-8-2/h10-11,13-14,19-20,22-23,28-31,34-36,38-39,41-43,46,48,54,57,65,68,74-75H,7-9,12,15-18,21,24-27,32-33,37,40,44-45,47,49-53,55-56,58-64,66-67,69-73H2,1-6H3,(H-,78,80,82,83)/p+1/b13-10-,14-11-,22-19-,23-20-,30-28-,31-29-,36-34-,39-38-,42-35-,43-41-,48-46-,57-54-,68-65-. The normalized spacial score (nSPS) is 14.5. The number of ether oxygens (including phenoxy) is 1. The number of amides is 1. The minimum absolute atomic E-state index is 0.0212. The topological polar surface area (TPSA) is 111 Å². The summed E-state index contributed by atoms with van der Waals surface area (Å²) < 4.78 is 30.8. The molecule has 9 nitrogen and oxygen atoms in total. The van der Waals surface area contributed by atoms with Crippen molar-refractivity contribution < 1.29 is 37.3 Å². The number of phosphoric ester groups is 1. The predicted octanol–water partition coefficient (Wildman–Crippen LogP) is 22.3. The Balaban J connectivity index is 5.24. The Bertz CT molecular complexity index is 2050. The summed E-state index contributed by atoms with van der Waals surface area (Å²) in [6.45, 7) is 6.74. The van der Waals surface area contributed by atoms with Crippen LogP contribution in [0.4, 0.5) is 0 Å². The quantitative estimate of drug-likeness (QED) is 0.0205. The van der Waals surface area contributed by atoms with Crippen molar-refractivity contribution in [1.82, 2.24) is 5.32 Å². The van der Waals surface area contributed by atoms with Crippen LogP contribution in [0.15, 0.2) is 158 Å². The molecule has 0 saturated heterocycles. The molecule has 3 unspecified atom stereocenters. The smallest absolute Gasteiger partial charge is 0.456 e. The molecule has 0 fully saturated rings. The average Bonchev–Trinajstić information content (AvgIpc) is 3.70. The van der Waals surface area contributed by atoms with Crippen molar-refractivity contribution in [3.8, 4) is 0 Å². The van der Waals surface area contributed by atoms with Crippen LogP contribution in [0, 0.1) is 0 Å². The van der Waals surface area contributed by atoms with E-state index >= 15 is 0 Å². The molecule has 3 atom stereocenters. The number of unbranched alkanes of at least 4 members (excludes halogenated alkanes) is 21. The molecule has 0 spiro atoms. The van der Waals surface area contributed by atoms with Crippen LogP contribution in [0.1, 0.15) is 265 Å². The van der Waals surface area contributed by atoms with E-state index in [1.807, 2.05) is 33.3 Å². The number of allylic oxidation sites excluding steroid dienone is 25. The van der Waals surface area contributed by atoms with E-state index in [1.54, 1.807) is 0 Å². The van der Waals surface area contributed by atoms with Crippen LogP contribution in [0.3, 0.4) is 0 Å². The molecule has 0 rings (SSSR count). The van der Waals surface area contributed by atoms with E-state index in [0.717, 1.165) is 135 Å². The number of carbonyl (C=O) groups excluding carboxylic acids is 2. The molecular weight excluding hydrogens is 1100 g/mol. The highest BCUT2D eigenvalue weighted by Crippen LogP contribution is 2.43. The van der Waals surface area contributed by atoms with E-state index in [2.05, 4.69) is 172 Å². The number of quaternary nitrogens is 1. The van der Waals surface area contributed by atoms with Gasteiger partial charge in [0.1, 0.15) is 19.3 Å². The first kappa shape index (κ1) is 82.6. The van der Waals surface area contributed by atoms with Crippen molar-refractivity contribution in [2.75, 3.05) is 40.9 Å². The number of hydrogen-bond donors (Lipinski definition) is 2. The monoisotopic (exact) mass is 1230 g/mol. The number of nitrogens with one attached hydrogen (secondary N) is 1. The number of esters is 1. The van der Waals surface area contributed by atoms with Gasteiger partial charge in [-0.1, -0.05) is 275 Å². The number of nitrogens with zero attached hydrogens (tertiary/aromatic N) is 1. The van der Waals surface area contributed by atoms with Crippen LogP contribution in [0.5, 0.6) is 0 Å². The molecule has 0 aromatic carbocycles. The Morgan fingerprint density at radius 1 is 0.414 bits per heavy atom. The first-order valence-corrected chi connectivity index (χ1v) is 36.3. The summed E-state index contributed by atoms with van der Waals surface area (Å²) in [6.07, 6.45) is 95.4. The van der Waals surface area contributed by atoms with E-state index < -0.39 is 20.0 Å². The summed E-state index contributed by atoms with van der Waals surface area (Å²) in [4.78, 5) is 37.9. The maximum atomic E-state index is 13.6. The first-order chi connectivity index (χ1) is 42.4. The second-order valence-corrected chi connectivity index (χ2v) is 25.4. The molecule has 0 heterocycles. The van der Waals surface area contributed by atoms with Gasteiger partial charge in [-0.15, -0.1) is 0 Å². The molecule has 10 heteroatoms. The maximum absolute atomic E-state index is 13.6.